The van der Waals surface area contributed by atoms with Crippen LogP contribution < -0.4 is 15.4 Å². The number of pyridine rings is 2. The van der Waals surface area contributed by atoms with Crippen LogP contribution in [0, 0.1) is 5.92 Å². The highest BCUT2D eigenvalue weighted by Crippen LogP contribution is 2.29. The molecule has 2 aromatic heterocycles. The molecule has 2 N–H and O–H groups in total. The molecule has 1 saturated carbocycles. The van der Waals surface area contributed by atoms with Crippen LogP contribution in [0.5, 0.6) is 5.88 Å². The molecule has 1 aliphatic carbocycles. The average Bonchev–Trinajstić information content (AvgIpc) is 3.42. The molecule has 0 unspecified atom stereocenters. The Morgan fingerprint density at radius 3 is 2.48 bits per heavy atom. The number of carbonyl (C=O) groups excluding carboxylic acids is 1. The molecule has 0 atom stereocenters. The van der Waals surface area contributed by atoms with Gasteiger partial charge in [-0.2, -0.15) is 0 Å². The summed E-state index contributed by atoms with van der Waals surface area (Å²) < 4.78 is 5.58. The van der Waals surface area contributed by atoms with Gasteiger partial charge in [-0.05, 0) is 42.0 Å². The fourth-order valence-corrected chi connectivity index (χ4v) is 2.02. The largest absolute Gasteiger partial charge is 0.477 e. The summed E-state index contributed by atoms with van der Waals surface area (Å²) in [6.07, 6.45) is 7.65. The first-order chi connectivity index (χ1) is 11.3. The first-order valence-corrected chi connectivity index (χ1v) is 7.78. The molecule has 120 valence electrons. The molecular weight excluding hydrogens is 292 g/mol. The van der Waals surface area contributed by atoms with Crippen LogP contribution in [0.2, 0.25) is 0 Å². The van der Waals surface area contributed by atoms with Crippen LogP contribution in [-0.2, 0) is 13.1 Å². The lowest BCUT2D eigenvalue weighted by atomic mass is 10.3. The van der Waals surface area contributed by atoms with Gasteiger partial charge in [-0.1, -0.05) is 6.07 Å². The molecule has 0 bridgehead atoms. The van der Waals surface area contributed by atoms with Gasteiger partial charge in [0, 0.05) is 37.7 Å². The Labute approximate surface area is 135 Å². The zero-order valence-corrected chi connectivity index (χ0v) is 12.9. The van der Waals surface area contributed by atoms with Gasteiger partial charge in [0.25, 0.3) is 0 Å². The highest BCUT2D eigenvalue weighted by molar-refractivity contribution is 5.73. The van der Waals surface area contributed by atoms with Gasteiger partial charge in [0.2, 0.25) is 5.88 Å². The number of nitrogens with zero attached hydrogens (tertiary/aromatic N) is 2. The minimum absolute atomic E-state index is 0.212. The SMILES string of the molecule is O=C(NCc1ccncc1)NCc1ccc(OCC2CC2)nc1. The van der Waals surface area contributed by atoms with E-state index in [1.165, 1.54) is 12.8 Å². The van der Waals surface area contributed by atoms with E-state index in [0.29, 0.717) is 24.9 Å². The third-order valence-corrected chi connectivity index (χ3v) is 3.62. The summed E-state index contributed by atoms with van der Waals surface area (Å²) >= 11 is 0. The summed E-state index contributed by atoms with van der Waals surface area (Å²) in [7, 11) is 0. The lowest BCUT2D eigenvalue weighted by Gasteiger charge is -2.08. The van der Waals surface area contributed by atoms with E-state index >= 15 is 0 Å². The maximum absolute atomic E-state index is 11.8. The number of rotatable bonds is 7. The Morgan fingerprint density at radius 2 is 1.83 bits per heavy atom. The van der Waals surface area contributed by atoms with E-state index in [0.717, 1.165) is 17.7 Å². The molecule has 23 heavy (non-hydrogen) atoms. The number of urea groups is 1. The Bertz CT molecular complexity index is 627. The number of ether oxygens (including phenoxy) is 1. The quantitative estimate of drug-likeness (QED) is 0.822. The Hall–Kier alpha value is -2.63. The molecule has 0 aliphatic heterocycles. The molecule has 0 saturated heterocycles. The normalized spacial score (nSPS) is 13.4. The van der Waals surface area contributed by atoms with Crippen molar-refractivity contribution in [3.8, 4) is 5.88 Å². The molecule has 6 heteroatoms. The van der Waals surface area contributed by atoms with E-state index in [-0.39, 0.29) is 6.03 Å². The first-order valence-electron chi connectivity index (χ1n) is 7.78. The van der Waals surface area contributed by atoms with Crippen LogP contribution >= 0.6 is 0 Å². The van der Waals surface area contributed by atoms with Gasteiger partial charge in [-0.3, -0.25) is 4.98 Å². The molecule has 6 nitrogen and oxygen atoms in total. The van der Waals surface area contributed by atoms with Gasteiger partial charge in [0.1, 0.15) is 0 Å². The molecule has 1 aliphatic rings. The van der Waals surface area contributed by atoms with Crippen molar-refractivity contribution in [2.75, 3.05) is 6.61 Å². The van der Waals surface area contributed by atoms with Crippen molar-refractivity contribution in [1.29, 1.82) is 0 Å². The number of carbonyl (C=O) groups is 1. The van der Waals surface area contributed by atoms with Gasteiger partial charge in [0.15, 0.2) is 0 Å². The maximum atomic E-state index is 11.8. The van der Waals surface area contributed by atoms with E-state index in [4.69, 9.17) is 4.74 Å². The fraction of sp³-hybridized carbons (Fsp3) is 0.353. The highest BCUT2D eigenvalue weighted by atomic mass is 16.5. The summed E-state index contributed by atoms with van der Waals surface area (Å²) in [6.45, 7) is 1.65. The van der Waals surface area contributed by atoms with Crippen molar-refractivity contribution in [2.24, 2.45) is 5.92 Å². The molecule has 2 heterocycles. The molecule has 3 rings (SSSR count). The lowest BCUT2D eigenvalue weighted by Crippen LogP contribution is -2.34. The van der Waals surface area contributed by atoms with E-state index in [1.807, 2.05) is 24.3 Å². The molecule has 0 aromatic carbocycles. The summed E-state index contributed by atoms with van der Waals surface area (Å²) in [5, 5.41) is 5.60. The monoisotopic (exact) mass is 312 g/mol. The van der Waals surface area contributed by atoms with Crippen molar-refractivity contribution in [3.05, 3.63) is 54.0 Å². The van der Waals surface area contributed by atoms with Gasteiger partial charge in [-0.15, -0.1) is 0 Å². The van der Waals surface area contributed by atoms with Crippen LogP contribution in [0.15, 0.2) is 42.9 Å². The maximum Gasteiger partial charge on any atom is 0.315 e. The van der Waals surface area contributed by atoms with Gasteiger partial charge >= 0.3 is 6.03 Å². The number of hydrogen-bond acceptors (Lipinski definition) is 4. The van der Waals surface area contributed by atoms with Crippen LogP contribution in [0.4, 0.5) is 4.79 Å². The van der Waals surface area contributed by atoms with Crippen molar-refractivity contribution in [2.45, 2.75) is 25.9 Å². The van der Waals surface area contributed by atoms with E-state index in [1.54, 1.807) is 18.6 Å². The van der Waals surface area contributed by atoms with E-state index < -0.39 is 0 Å². The topological polar surface area (TPSA) is 76.1 Å². The fourth-order valence-electron chi connectivity index (χ4n) is 2.02. The van der Waals surface area contributed by atoms with Crippen LogP contribution in [0.1, 0.15) is 24.0 Å². The highest BCUT2D eigenvalue weighted by Gasteiger charge is 2.21. The number of nitrogens with one attached hydrogen (secondary N) is 2. The minimum atomic E-state index is -0.212. The molecule has 0 spiro atoms. The molecular formula is C17H20N4O2. The average molecular weight is 312 g/mol. The number of amides is 2. The van der Waals surface area contributed by atoms with Gasteiger partial charge in [0.05, 0.1) is 6.61 Å². The van der Waals surface area contributed by atoms with Crippen LogP contribution in [0.3, 0.4) is 0 Å². The lowest BCUT2D eigenvalue weighted by molar-refractivity contribution is 0.240. The predicted molar refractivity (Wildman–Crippen MR) is 85.8 cm³/mol. The summed E-state index contributed by atoms with van der Waals surface area (Å²) in [5.74, 6) is 1.35. The van der Waals surface area contributed by atoms with Crippen LogP contribution in [0.25, 0.3) is 0 Å². The summed E-state index contributed by atoms with van der Waals surface area (Å²) in [4.78, 5) is 19.9. The van der Waals surface area contributed by atoms with E-state index in [2.05, 4.69) is 20.6 Å². The summed E-state index contributed by atoms with van der Waals surface area (Å²) in [5.41, 5.74) is 1.94. The molecule has 0 radical (unpaired) electrons. The standard InChI is InChI=1S/C17H20N4O2/c22-17(20-9-13-5-7-18-8-6-13)21-11-15-3-4-16(19-10-15)23-12-14-1-2-14/h3-8,10,14H,1-2,9,11-12H2,(H2,20,21,22). The smallest absolute Gasteiger partial charge is 0.315 e. The molecule has 2 amide bonds. The zero-order chi connectivity index (χ0) is 15.9. The third kappa shape index (κ3) is 5.25. The Balaban J connectivity index is 1.37. The predicted octanol–water partition coefficient (Wildman–Crippen LogP) is 2.26. The van der Waals surface area contributed by atoms with Crippen molar-refractivity contribution < 1.29 is 9.53 Å². The minimum Gasteiger partial charge on any atom is -0.477 e. The van der Waals surface area contributed by atoms with E-state index in [9.17, 15) is 4.79 Å². The van der Waals surface area contributed by atoms with Crippen LogP contribution in [-0.4, -0.2) is 22.6 Å². The van der Waals surface area contributed by atoms with Crippen molar-refractivity contribution in [3.63, 3.8) is 0 Å². The first kappa shape index (κ1) is 15.3. The Morgan fingerprint density at radius 1 is 1.09 bits per heavy atom. The second kappa shape index (κ2) is 7.58. The second-order valence-electron chi connectivity index (χ2n) is 5.65. The van der Waals surface area contributed by atoms with Crippen molar-refractivity contribution >= 4 is 6.03 Å². The number of hydrogen-bond donors (Lipinski definition) is 2. The van der Waals surface area contributed by atoms with Crippen molar-refractivity contribution in [1.82, 2.24) is 20.6 Å². The molecule has 1 fully saturated rings. The van der Waals surface area contributed by atoms with Gasteiger partial charge in [-0.25, -0.2) is 9.78 Å². The number of aromatic nitrogens is 2. The third-order valence-electron chi connectivity index (χ3n) is 3.62. The Kier molecular flexibility index (Phi) is 5.03. The zero-order valence-electron chi connectivity index (χ0n) is 12.9. The van der Waals surface area contributed by atoms with Gasteiger partial charge < -0.3 is 15.4 Å². The second-order valence-corrected chi connectivity index (χ2v) is 5.65. The molecule has 2 aromatic rings. The summed E-state index contributed by atoms with van der Waals surface area (Å²) in [6, 6.07) is 7.28.